The second kappa shape index (κ2) is 11.6. The number of halogens is 1. The van der Waals surface area contributed by atoms with E-state index < -0.39 is 0 Å². The molecule has 0 aliphatic carbocycles. The number of aryl methyl sites for hydroxylation is 1. The molecule has 1 aliphatic heterocycles. The maximum absolute atomic E-state index is 5.73. The van der Waals surface area contributed by atoms with E-state index in [2.05, 4.69) is 20.6 Å². The van der Waals surface area contributed by atoms with Gasteiger partial charge in [0, 0.05) is 32.5 Å². The molecule has 0 amide bonds. The van der Waals surface area contributed by atoms with Gasteiger partial charge in [0.25, 0.3) is 0 Å². The van der Waals surface area contributed by atoms with Gasteiger partial charge < -0.3 is 20.1 Å². The quantitative estimate of drug-likeness (QED) is 0.297. The van der Waals surface area contributed by atoms with Gasteiger partial charge in [0.2, 0.25) is 0 Å². The Morgan fingerprint density at radius 2 is 2.30 bits per heavy atom. The highest BCUT2D eigenvalue weighted by Crippen LogP contribution is 2.07. The van der Waals surface area contributed by atoms with Crippen molar-refractivity contribution in [3.05, 3.63) is 29.6 Å². The molecule has 2 rings (SSSR count). The summed E-state index contributed by atoms with van der Waals surface area (Å²) in [5.74, 6) is 0.785. The highest BCUT2D eigenvalue weighted by atomic mass is 127. The third kappa shape index (κ3) is 7.94. The molecule has 1 aromatic heterocycles. The van der Waals surface area contributed by atoms with E-state index in [9.17, 15) is 0 Å². The van der Waals surface area contributed by atoms with Crippen molar-refractivity contribution in [2.24, 2.45) is 4.99 Å². The molecule has 0 bridgehead atoms. The number of aromatic nitrogens is 1. The molecule has 0 aromatic carbocycles. The average Bonchev–Trinajstić information content (AvgIpc) is 3.03. The number of aliphatic imine (C=N–C) groups is 1. The Balaban J connectivity index is 0.00000264. The number of nitrogens with one attached hydrogen (secondary N) is 2. The van der Waals surface area contributed by atoms with Gasteiger partial charge in [-0.15, -0.1) is 24.0 Å². The minimum atomic E-state index is 0. The van der Waals surface area contributed by atoms with Crippen LogP contribution in [0.15, 0.2) is 23.2 Å². The standard InChI is InChI=1S/C16H26N4O2.HI/c1-13-5-3-6-14(20-13)11-19-16(17-2)18-8-4-9-22-15-7-10-21-12-15;/h3,5-6,15H,4,7-12H2,1-2H3,(H2,17,18,19);1H. The van der Waals surface area contributed by atoms with E-state index in [4.69, 9.17) is 9.47 Å². The van der Waals surface area contributed by atoms with Crippen molar-refractivity contribution in [3.8, 4) is 0 Å². The molecule has 1 aromatic rings. The van der Waals surface area contributed by atoms with Crippen LogP contribution in [0, 0.1) is 6.92 Å². The van der Waals surface area contributed by atoms with Crippen molar-refractivity contribution in [2.75, 3.05) is 33.4 Å². The summed E-state index contributed by atoms with van der Waals surface area (Å²) in [5.41, 5.74) is 2.03. The summed E-state index contributed by atoms with van der Waals surface area (Å²) >= 11 is 0. The topological polar surface area (TPSA) is 67.8 Å². The molecule has 0 spiro atoms. The minimum Gasteiger partial charge on any atom is -0.379 e. The summed E-state index contributed by atoms with van der Waals surface area (Å²) < 4.78 is 11.0. The normalized spacial score (nSPS) is 17.7. The van der Waals surface area contributed by atoms with Gasteiger partial charge >= 0.3 is 0 Å². The Morgan fingerprint density at radius 1 is 1.43 bits per heavy atom. The van der Waals surface area contributed by atoms with Gasteiger partial charge in [0.15, 0.2) is 5.96 Å². The third-order valence-corrected chi connectivity index (χ3v) is 3.46. The monoisotopic (exact) mass is 434 g/mol. The lowest BCUT2D eigenvalue weighted by Gasteiger charge is -2.13. The van der Waals surface area contributed by atoms with E-state index >= 15 is 0 Å². The van der Waals surface area contributed by atoms with Crippen molar-refractivity contribution in [3.63, 3.8) is 0 Å². The number of nitrogens with zero attached hydrogens (tertiary/aromatic N) is 2. The first kappa shape index (κ1) is 20.1. The van der Waals surface area contributed by atoms with Crippen LogP contribution in [-0.2, 0) is 16.0 Å². The molecule has 1 fully saturated rings. The maximum Gasteiger partial charge on any atom is 0.191 e. The van der Waals surface area contributed by atoms with E-state index in [1.807, 2.05) is 25.1 Å². The largest absolute Gasteiger partial charge is 0.379 e. The van der Waals surface area contributed by atoms with E-state index in [1.165, 1.54) is 0 Å². The average molecular weight is 434 g/mol. The molecule has 1 aliphatic rings. The van der Waals surface area contributed by atoms with Gasteiger partial charge in [0.05, 0.1) is 24.9 Å². The number of pyridine rings is 1. The molecular formula is C16H27IN4O2. The van der Waals surface area contributed by atoms with Crippen LogP contribution in [0.5, 0.6) is 0 Å². The van der Waals surface area contributed by atoms with E-state index in [1.54, 1.807) is 7.05 Å². The first-order chi connectivity index (χ1) is 10.8. The zero-order valence-corrected chi connectivity index (χ0v) is 16.2. The lowest BCUT2D eigenvalue weighted by atomic mass is 10.3. The maximum atomic E-state index is 5.73. The lowest BCUT2D eigenvalue weighted by Crippen LogP contribution is -2.37. The fraction of sp³-hybridized carbons (Fsp3) is 0.625. The Hall–Kier alpha value is -0.930. The summed E-state index contributed by atoms with van der Waals surface area (Å²) in [6.07, 6.45) is 2.24. The lowest BCUT2D eigenvalue weighted by molar-refractivity contribution is 0.0420. The van der Waals surface area contributed by atoms with Crippen LogP contribution in [0.3, 0.4) is 0 Å². The van der Waals surface area contributed by atoms with Crippen molar-refractivity contribution in [2.45, 2.75) is 32.4 Å². The Kier molecular flexibility index (Phi) is 10.1. The molecular weight excluding hydrogens is 407 g/mol. The summed E-state index contributed by atoms with van der Waals surface area (Å²) in [4.78, 5) is 8.66. The molecule has 130 valence electrons. The molecule has 1 atom stereocenters. The molecule has 1 saturated heterocycles. The van der Waals surface area contributed by atoms with Crippen LogP contribution in [0.25, 0.3) is 0 Å². The highest BCUT2D eigenvalue weighted by Gasteiger charge is 2.15. The Labute approximate surface area is 155 Å². The van der Waals surface area contributed by atoms with Gasteiger partial charge in [-0.2, -0.15) is 0 Å². The van der Waals surface area contributed by atoms with Crippen molar-refractivity contribution < 1.29 is 9.47 Å². The first-order valence-corrected chi connectivity index (χ1v) is 7.84. The third-order valence-electron chi connectivity index (χ3n) is 3.46. The summed E-state index contributed by atoms with van der Waals surface area (Å²) in [7, 11) is 1.77. The van der Waals surface area contributed by atoms with Gasteiger partial charge in [-0.05, 0) is 31.9 Å². The van der Waals surface area contributed by atoms with E-state index in [0.29, 0.717) is 6.54 Å². The highest BCUT2D eigenvalue weighted by molar-refractivity contribution is 14.0. The van der Waals surface area contributed by atoms with Crippen molar-refractivity contribution in [1.82, 2.24) is 15.6 Å². The molecule has 0 saturated carbocycles. The second-order valence-electron chi connectivity index (χ2n) is 5.33. The fourth-order valence-corrected chi connectivity index (χ4v) is 2.27. The zero-order chi connectivity index (χ0) is 15.6. The smallest absolute Gasteiger partial charge is 0.191 e. The second-order valence-corrected chi connectivity index (χ2v) is 5.33. The predicted molar refractivity (Wildman–Crippen MR) is 102 cm³/mol. The molecule has 0 radical (unpaired) electrons. The van der Waals surface area contributed by atoms with E-state index in [-0.39, 0.29) is 30.1 Å². The summed E-state index contributed by atoms with van der Waals surface area (Å²) in [5, 5.41) is 6.54. The first-order valence-electron chi connectivity index (χ1n) is 7.84. The van der Waals surface area contributed by atoms with Crippen LogP contribution in [0.1, 0.15) is 24.2 Å². The number of hydrogen-bond donors (Lipinski definition) is 2. The van der Waals surface area contributed by atoms with Gasteiger partial charge in [0.1, 0.15) is 0 Å². The number of rotatable bonds is 7. The molecule has 2 heterocycles. The van der Waals surface area contributed by atoms with Crippen LogP contribution in [-0.4, -0.2) is 50.5 Å². The SMILES string of the molecule is CN=C(NCCCOC1CCOC1)NCc1cccc(C)n1.I. The predicted octanol–water partition coefficient (Wildman–Crippen LogP) is 1.87. The van der Waals surface area contributed by atoms with Gasteiger partial charge in [-0.25, -0.2) is 0 Å². The molecule has 23 heavy (non-hydrogen) atoms. The molecule has 2 N–H and O–H groups in total. The Bertz CT molecular complexity index is 479. The van der Waals surface area contributed by atoms with Crippen LogP contribution in [0.2, 0.25) is 0 Å². The van der Waals surface area contributed by atoms with Crippen molar-refractivity contribution in [1.29, 1.82) is 0 Å². The van der Waals surface area contributed by atoms with Gasteiger partial charge in [-0.1, -0.05) is 6.07 Å². The molecule has 6 nitrogen and oxygen atoms in total. The number of guanidine groups is 1. The summed E-state index contributed by atoms with van der Waals surface area (Å²) in [6.45, 7) is 5.79. The zero-order valence-electron chi connectivity index (χ0n) is 13.9. The minimum absolute atomic E-state index is 0. The fourth-order valence-electron chi connectivity index (χ4n) is 2.27. The Morgan fingerprint density at radius 3 is 3.00 bits per heavy atom. The van der Waals surface area contributed by atoms with Crippen LogP contribution < -0.4 is 10.6 Å². The number of ether oxygens (including phenoxy) is 2. The van der Waals surface area contributed by atoms with Crippen LogP contribution >= 0.6 is 24.0 Å². The summed E-state index contributed by atoms with van der Waals surface area (Å²) in [6, 6.07) is 6.01. The van der Waals surface area contributed by atoms with E-state index in [0.717, 1.165) is 56.6 Å². The van der Waals surface area contributed by atoms with Crippen molar-refractivity contribution >= 4 is 29.9 Å². The number of hydrogen-bond acceptors (Lipinski definition) is 4. The molecule has 7 heteroatoms. The van der Waals surface area contributed by atoms with Gasteiger partial charge in [-0.3, -0.25) is 9.98 Å². The molecule has 1 unspecified atom stereocenters. The van der Waals surface area contributed by atoms with Crippen LogP contribution in [0.4, 0.5) is 0 Å².